The Balaban J connectivity index is 1.97. The Morgan fingerprint density at radius 2 is 1.56 bits per heavy atom. The maximum Gasteiger partial charge on any atom is 0.00879 e. The van der Waals surface area contributed by atoms with E-state index in [0.29, 0.717) is 5.41 Å². The quantitative estimate of drug-likeness (QED) is 0.345. The van der Waals surface area contributed by atoms with E-state index in [2.05, 4.69) is 29.8 Å². The molecule has 0 bridgehead atoms. The molecule has 1 atom stereocenters. The van der Waals surface area contributed by atoms with E-state index in [1.165, 1.54) is 69.5 Å². The first-order valence-corrected chi connectivity index (χ1v) is 8.41. The minimum Gasteiger partial charge on any atom is -0.0922 e. The van der Waals surface area contributed by atoms with E-state index in [4.69, 9.17) is 0 Å². The summed E-state index contributed by atoms with van der Waals surface area (Å²) in [6, 6.07) is 0. The molecular weight excluding hydrogens is 260 g/mol. The Morgan fingerprint density at radius 1 is 1.00 bits per heavy atom. The van der Waals surface area contributed by atoms with Gasteiger partial charge in [0.2, 0.25) is 0 Å². The number of hydrogen-bond acceptors (Lipinski definition) is 0. The molecule has 1 aliphatic carbocycles. The molecular formula is C15H29Br. The summed E-state index contributed by atoms with van der Waals surface area (Å²) >= 11 is 3.72. The normalized spacial score (nSPS) is 19.7. The first-order chi connectivity index (χ1) is 7.73. The van der Waals surface area contributed by atoms with Gasteiger partial charge in [0.1, 0.15) is 0 Å². The molecule has 0 N–H and O–H groups in total. The number of halogens is 1. The summed E-state index contributed by atoms with van der Waals surface area (Å²) in [4.78, 5) is 0. The van der Waals surface area contributed by atoms with E-state index in [-0.39, 0.29) is 0 Å². The van der Waals surface area contributed by atoms with Crippen molar-refractivity contribution in [2.45, 2.75) is 78.1 Å². The molecule has 1 aliphatic rings. The van der Waals surface area contributed by atoms with Crippen LogP contribution in [0.4, 0.5) is 0 Å². The van der Waals surface area contributed by atoms with Gasteiger partial charge in [-0.15, -0.1) is 0 Å². The molecule has 0 nitrogen and oxygen atoms in total. The second-order valence-electron chi connectivity index (χ2n) is 5.93. The zero-order valence-electron chi connectivity index (χ0n) is 11.2. The van der Waals surface area contributed by atoms with Gasteiger partial charge in [-0.3, -0.25) is 0 Å². The highest BCUT2D eigenvalue weighted by Gasteiger charge is 2.39. The maximum absolute atomic E-state index is 3.72. The highest BCUT2D eigenvalue weighted by Crippen LogP contribution is 2.49. The molecule has 0 amide bonds. The van der Waals surface area contributed by atoms with Crippen molar-refractivity contribution >= 4 is 15.9 Å². The monoisotopic (exact) mass is 288 g/mol. The Kier molecular flexibility index (Phi) is 7.03. The van der Waals surface area contributed by atoms with Crippen molar-refractivity contribution < 1.29 is 0 Å². The van der Waals surface area contributed by atoms with Gasteiger partial charge < -0.3 is 0 Å². The number of alkyl halides is 1. The molecule has 0 aromatic rings. The SMILES string of the molecule is CCCCCCCCCC(C)(CBr)C1CC1. The first kappa shape index (κ1) is 14.5. The molecule has 0 aromatic carbocycles. The third-order valence-corrected chi connectivity index (χ3v) is 5.50. The average Bonchev–Trinajstić information content (AvgIpc) is 3.12. The maximum atomic E-state index is 3.72. The summed E-state index contributed by atoms with van der Waals surface area (Å²) in [7, 11) is 0. The molecule has 0 aromatic heterocycles. The highest BCUT2D eigenvalue weighted by molar-refractivity contribution is 9.09. The van der Waals surface area contributed by atoms with Crippen LogP contribution in [0.1, 0.15) is 78.1 Å². The first-order valence-electron chi connectivity index (χ1n) is 7.29. The molecule has 0 spiro atoms. The van der Waals surface area contributed by atoms with Crippen molar-refractivity contribution in [2.75, 3.05) is 5.33 Å². The minimum atomic E-state index is 0.615. The lowest BCUT2D eigenvalue weighted by Gasteiger charge is -2.27. The van der Waals surface area contributed by atoms with Crippen molar-refractivity contribution in [1.82, 2.24) is 0 Å². The van der Waals surface area contributed by atoms with E-state index in [1.54, 1.807) is 0 Å². The fraction of sp³-hybridized carbons (Fsp3) is 1.00. The van der Waals surface area contributed by atoms with Gasteiger partial charge in [0.15, 0.2) is 0 Å². The molecule has 96 valence electrons. The van der Waals surface area contributed by atoms with Crippen LogP contribution in [0.5, 0.6) is 0 Å². The smallest absolute Gasteiger partial charge is 0.00879 e. The number of unbranched alkanes of at least 4 members (excludes halogenated alkanes) is 6. The zero-order chi connectivity index (χ0) is 11.9. The second-order valence-corrected chi connectivity index (χ2v) is 6.49. The van der Waals surface area contributed by atoms with Crippen LogP contribution in [-0.2, 0) is 0 Å². The molecule has 0 heterocycles. The summed E-state index contributed by atoms with van der Waals surface area (Å²) in [6.45, 7) is 4.77. The van der Waals surface area contributed by atoms with E-state index < -0.39 is 0 Å². The van der Waals surface area contributed by atoms with Gasteiger partial charge >= 0.3 is 0 Å². The molecule has 16 heavy (non-hydrogen) atoms. The Bertz CT molecular complexity index is 174. The van der Waals surface area contributed by atoms with Gasteiger partial charge in [0.05, 0.1) is 0 Å². The van der Waals surface area contributed by atoms with Crippen molar-refractivity contribution in [1.29, 1.82) is 0 Å². The summed E-state index contributed by atoms with van der Waals surface area (Å²) in [5, 5.41) is 1.21. The van der Waals surface area contributed by atoms with Crippen molar-refractivity contribution in [3.05, 3.63) is 0 Å². The highest BCUT2D eigenvalue weighted by atomic mass is 79.9. The summed E-state index contributed by atoms with van der Waals surface area (Å²) in [6.07, 6.45) is 14.5. The van der Waals surface area contributed by atoms with Crippen LogP contribution in [0.25, 0.3) is 0 Å². The van der Waals surface area contributed by atoms with Crippen LogP contribution >= 0.6 is 15.9 Å². The molecule has 1 unspecified atom stereocenters. The summed E-state index contributed by atoms with van der Waals surface area (Å²) in [5.41, 5.74) is 0.615. The van der Waals surface area contributed by atoms with Crippen molar-refractivity contribution in [3.63, 3.8) is 0 Å². The van der Waals surface area contributed by atoms with Gasteiger partial charge in [-0.25, -0.2) is 0 Å². The molecule has 0 aliphatic heterocycles. The van der Waals surface area contributed by atoms with E-state index >= 15 is 0 Å². The van der Waals surface area contributed by atoms with E-state index in [1.807, 2.05) is 0 Å². The predicted octanol–water partition coefficient (Wildman–Crippen LogP) is 5.94. The molecule has 1 fully saturated rings. The standard InChI is InChI=1S/C15H29Br/c1-3-4-5-6-7-8-9-12-15(2,13-16)14-10-11-14/h14H,3-13H2,1-2H3. The summed E-state index contributed by atoms with van der Waals surface area (Å²) < 4.78 is 0. The van der Waals surface area contributed by atoms with Gasteiger partial charge in [-0.05, 0) is 30.6 Å². The predicted molar refractivity (Wildman–Crippen MR) is 77.2 cm³/mol. The fourth-order valence-electron chi connectivity index (χ4n) is 2.65. The largest absolute Gasteiger partial charge is 0.0922 e. The van der Waals surface area contributed by atoms with Gasteiger partial charge in [0, 0.05) is 5.33 Å². The van der Waals surface area contributed by atoms with Gasteiger partial charge in [-0.1, -0.05) is 74.7 Å². The Labute approximate surface area is 111 Å². The average molecular weight is 289 g/mol. The minimum absolute atomic E-state index is 0.615. The van der Waals surface area contributed by atoms with Crippen molar-refractivity contribution in [2.24, 2.45) is 11.3 Å². The van der Waals surface area contributed by atoms with E-state index in [0.717, 1.165) is 5.92 Å². The van der Waals surface area contributed by atoms with Gasteiger partial charge in [0.25, 0.3) is 0 Å². The topological polar surface area (TPSA) is 0 Å². The van der Waals surface area contributed by atoms with Crippen LogP contribution in [-0.4, -0.2) is 5.33 Å². The molecule has 1 rings (SSSR count). The van der Waals surface area contributed by atoms with Crippen LogP contribution < -0.4 is 0 Å². The lowest BCUT2D eigenvalue weighted by molar-refractivity contribution is 0.281. The third kappa shape index (κ3) is 5.21. The molecule has 1 heteroatoms. The lowest BCUT2D eigenvalue weighted by atomic mass is 9.82. The van der Waals surface area contributed by atoms with Crippen LogP contribution in [0, 0.1) is 11.3 Å². The molecule has 0 saturated heterocycles. The Hall–Kier alpha value is 0.480. The zero-order valence-corrected chi connectivity index (χ0v) is 12.8. The van der Waals surface area contributed by atoms with Crippen molar-refractivity contribution in [3.8, 4) is 0 Å². The number of rotatable bonds is 10. The van der Waals surface area contributed by atoms with Gasteiger partial charge in [-0.2, -0.15) is 0 Å². The number of hydrogen-bond donors (Lipinski definition) is 0. The van der Waals surface area contributed by atoms with Crippen LogP contribution in [0.2, 0.25) is 0 Å². The molecule has 1 saturated carbocycles. The summed E-state index contributed by atoms with van der Waals surface area (Å²) in [5.74, 6) is 1.03. The second kappa shape index (κ2) is 7.74. The fourth-order valence-corrected chi connectivity index (χ4v) is 3.38. The third-order valence-electron chi connectivity index (χ3n) is 4.22. The van der Waals surface area contributed by atoms with E-state index in [9.17, 15) is 0 Å². The van der Waals surface area contributed by atoms with Crippen LogP contribution in [0.15, 0.2) is 0 Å². The lowest BCUT2D eigenvalue weighted by Crippen LogP contribution is -2.20. The Morgan fingerprint density at radius 3 is 2.06 bits per heavy atom. The molecule has 0 radical (unpaired) electrons. The van der Waals surface area contributed by atoms with Crippen LogP contribution in [0.3, 0.4) is 0 Å².